The van der Waals surface area contributed by atoms with Crippen LogP contribution in [0, 0.1) is 5.41 Å². The number of carbonyl (C=O) groups excluding carboxylic acids is 2. The molecule has 0 saturated heterocycles. The van der Waals surface area contributed by atoms with Crippen LogP contribution in [0.15, 0.2) is 36.5 Å². The lowest BCUT2D eigenvalue weighted by Crippen LogP contribution is -2.28. The first-order valence-corrected chi connectivity index (χ1v) is 8.55. The number of hydrogen-bond donors (Lipinski definition) is 2. The number of primary amides is 1. The lowest BCUT2D eigenvalue weighted by molar-refractivity contribution is -0.137. The third-order valence-corrected chi connectivity index (χ3v) is 4.12. The number of nitrogens with zero attached hydrogens (tertiary/aromatic N) is 3. The summed E-state index contributed by atoms with van der Waals surface area (Å²) in [7, 11) is 0. The standard InChI is InChI=1S/C19H18F3N5O2/c1-18(2,3)17(29)25-13-8-10(4-5-11(13)19(20,21)22)14-9-27-15(24-14)7-6-12(26-27)16(23)28/h4-9H,1-3H3,(H2,23,28)(H,25,29). The predicted molar refractivity (Wildman–Crippen MR) is 100 cm³/mol. The SMILES string of the molecule is CC(C)(C)C(=O)Nc1cc(-c2cn3nc(C(N)=O)ccc3n2)ccc1C(F)(F)F. The zero-order chi connectivity index (χ0) is 21.6. The summed E-state index contributed by atoms with van der Waals surface area (Å²) in [5.74, 6) is -1.27. The third kappa shape index (κ3) is 4.20. The summed E-state index contributed by atoms with van der Waals surface area (Å²) in [6, 6.07) is 6.27. The highest BCUT2D eigenvalue weighted by Crippen LogP contribution is 2.37. The molecule has 2 heterocycles. The van der Waals surface area contributed by atoms with Crippen molar-refractivity contribution in [2.24, 2.45) is 11.1 Å². The number of aromatic nitrogens is 3. The fraction of sp³-hybridized carbons (Fsp3) is 0.263. The minimum atomic E-state index is -4.64. The van der Waals surface area contributed by atoms with Gasteiger partial charge in [0, 0.05) is 11.0 Å². The first kappa shape index (κ1) is 20.3. The summed E-state index contributed by atoms with van der Waals surface area (Å²) < 4.78 is 41.5. The Balaban J connectivity index is 2.08. The highest BCUT2D eigenvalue weighted by molar-refractivity contribution is 5.96. The Morgan fingerprint density at radius 3 is 2.38 bits per heavy atom. The minimum absolute atomic E-state index is 0.0204. The molecule has 3 N–H and O–H groups in total. The van der Waals surface area contributed by atoms with Crippen molar-refractivity contribution in [1.82, 2.24) is 14.6 Å². The summed E-state index contributed by atoms with van der Waals surface area (Å²) in [5.41, 5.74) is 4.06. The van der Waals surface area contributed by atoms with Gasteiger partial charge in [-0.05, 0) is 24.3 Å². The Labute approximate surface area is 163 Å². The van der Waals surface area contributed by atoms with Crippen LogP contribution in [-0.2, 0) is 11.0 Å². The molecule has 0 fully saturated rings. The monoisotopic (exact) mass is 405 g/mol. The van der Waals surface area contributed by atoms with E-state index in [1.807, 2.05) is 0 Å². The second kappa shape index (κ2) is 6.87. The predicted octanol–water partition coefficient (Wildman–Crippen LogP) is 3.50. The molecule has 152 valence electrons. The number of hydrogen-bond acceptors (Lipinski definition) is 4. The Bertz CT molecular complexity index is 1110. The van der Waals surface area contributed by atoms with E-state index in [1.165, 1.54) is 35.0 Å². The van der Waals surface area contributed by atoms with Crippen molar-refractivity contribution in [1.29, 1.82) is 0 Å². The second-order valence-corrected chi connectivity index (χ2v) is 7.47. The molecule has 2 amide bonds. The average Bonchev–Trinajstić information content (AvgIpc) is 3.03. The molecule has 0 unspecified atom stereocenters. The molecule has 0 spiro atoms. The molecule has 0 bridgehead atoms. The topological polar surface area (TPSA) is 102 Å². The molecule has 1 aromatic carbocycles. The number of nitrogens with two attached hydrogens (primary N) is 1. The normalized spacial score (nSPS) is 12.2. The molecule has 0 aliphatic carbocycles. The smallest absolute Gasteiger partial charge is 0.364 e. The van der Waals surface area contributed by atoms with Crippen molar-refractivity contribution in [3.8, 4) is 11.3 Å². The van der Waals surface area contributed by atoms with Crippen LogP contribution in [0.4, 0.5) is 18.9 Å². The summed E-state index contributed by atoms with van der Waals surface area (Å²) in [4.78, 5) is 27.8. The molecule has 0 aliphatic heterocycles. The Morgan fingerprint density at radius 2 is 1.79 bits per heavy atom. The molecule has 3 rings (SSSR count). The van der Waals surface area contributed by atoms with Crippen molar-refractivity contribution in [3.05, 3.63) is 47.8 Å². The van der Waals surface area contributed by atoms with Gasteiger partial charge >= 0.3 is 6.18 Å². The molecular weight excluding hydrogens is 387 g/mol. The number of carbonyl (C=O) groups is 2. The molecule has 29 heavy (non-hydrogen) atoms. The lowest BCUT2D eigenvalue weighted by atomic mass is 9.95. The van der Waals surface area contributed by atoms with E-state index in [0.29, 0.717) is 16.9 Å². The van der Waals surface area contributed by atoms with Crippen LogP contribution in [0.25, 0.3) is 16.9 Å². The van der Waals surface area contributed by atoms with Gasteiger partial charge in [-0.2, -0.15) is 18.3 Å². The summed E-state index contributed by atoms with van der Waals surface area (Å²) in [5, 5.41) is 6.37. The van der Waals surface area contributed by atoms with Gasteiger partial charge in [0.1, 0.15) is 5.69 Å². The van der Waals surface area contributed by atoms with E-state index in [2.05, 4.69) is 15.4 Å². The van der Waals surface area contributed by atoms with Crippen LogP contribution in [0.5, 0.6) is 0 Å². The number of amides is 2. The van der Waals surface area contributed by atoms with Gasteiger partial charge in [0.25, 0.3) is 5.91 Å². The van der Waals surface area contributed by atoms with Gasteiger partial charge in [0.15, 0.2) is 5.65 Å². The number of alkyl halides is 3. The second-order valence-electron chi connectivity index (χ2n) is 7.47. The Kier molecular flexibility index (Phi) is 4.81. The quantitative estimate of drug-likeness (QED) is 0.696. The van der Waals surface area contributed by atoms with Gasteiger partial charge in [-0.3, -0.25) is 9.59 Å². The number of nitrogens with one attached hydrogen (secondary N) is 1. The largest absolute Gasteiger partial charge is 0.418 e. The first-order chi connectivity index (χ1) is 13.4. The zero-order valence-electron chi connectivity index (χ0n) is 15.8. The molecule has 7 nitrogen and oxygen atoms in total. The molecule has 0 radical (unpaired) electrons. The zero-order valence-corrected chi connectivity index (χ0v) is 15.8. The Morgan fingerprint density at radius 1 is 1.10 bits per heavy atom. The van der Waals surface area contributed by atoms with Crippen molar-refractivity contribution in [3.63, 3.8) is 0 Å². The van der Waals surface area contributed by atoms with E-state index in [4.69, 9.17) is 5.73 Å². The summed E-state index contributed by atoms with van der Waals surface area (Å²) in [6.45, 7) is 4.80. The van der Waals surface area contributed by atoms with Crippen LogP contribution in [-0.4, -0.2) is 26.4 Å². The van der Waals surface area contributed by atoms with E-state index in [-0.39, 0.29) is 11.4 Å². The first-order valence-electron chi connectivity index (χ1n) is 8.55. The van der Waals surface area contributed by atoms with Crippen LogP contribution < -0.4 is 11.1 Å². The molecule has 10 heteroatoms. The van der Waals surface area contributed by atoms with Gasteiger partial charge in [-0.1, -0.05) is 26.8 Å². The fourth-order valence-electron chi connectivity index (χ4n) is 2.52. The maximum Gasteiger partial charge on any atom is 0.418 e. The summed E-state index contributed by atoms with van der Waals surface area (Å²) in [6.07, 6.45) is -3.18. The highest BCUT2D eigenvalue weighted by Gasteiger charge is 2.35. The highest BCUT2D eigenvalue weighted by atomic mass is 19.4. The Hall–Kier alpha value is -3.43. The minimum Gasteiger partial charge on any atom is -0.364 e. The lowest BCUT2D eigenvalue weighted by Gasteiger charge is -2.20. The van der Waals surface area contributed by atoms with Crippen molar-refractivity contribution < 1.29 is 22.8 Å². The molecule has 0 atom stereocenters. The van der Waals surface area contributed by atoms with Crippen LogP contribution in [0.3, 0.4) is 0 Å². The van der Waals surface area contributed by atoms with E-state index in [0.717, 1.165) is 6.07 Å². The van der Waals surface area contributed by atoms with Gasteiger partial charge in [-0.15, -0.1) is 0 Å². The van der Waals surface area contributed by atoms with E-state index < -0.39 is 29.0 Å². The average molecular weight is 405 g/mol. The van der Waals surface area contributed by atoms with E-state index >= 15 is 0 Å². The molecule has 0 aliphatic rings. The van der Waals surface area contributed by atoms with Crippen molar-refractivity contribution >= 4 is 23.1 Å². The van der Waals surface area contributed by atoms with Gasteiger partial charge < -0.3 is 11.1 Å². The number of rotatable bonds is 3. The number of imidazole rings is 1. The van der Waals surface area contributed by atoms with Crippen LogP contribution >= 0.6 is 0 Å². The maximum atomic E-state index is 13.4. The molecule has 2 aromatic heterocycles. The molecule has 3 aromatic rings. The van der Waals surface area contributed by atoms with Crippen LogP contribution in [0.1, 0.15) is 36.8 Å². The van der Waals surface area contributed by atoms with Gasteiger partial charge in [0.05, 0.1) is 23.1 Å². The maximum absolute atomic E-state index is 13.4. The third-order valence-electron chi connectivity index (χ3n) is 4.12. The number of anilines is 1. The van der Waals surface area contributed by atoms with Crippen molar-refractivity contribution in [2.75, 3.05) is 5.32 Å². The molecular formula is C19H18F3N5O2. The van der Waals surface area contributed by atoms with Gasteiger partial charge in [0.2, 0.25) is 5.91 Å². The number of benzene rings is 1. The van der Waals surface area contributed by atoms with Gasteiger partial charge in [-0.25, -0.2) is 9.50 Å². The van der Waals surface area contributed by atoms with Crippen molar-refractivity contribution in [2.45, 2.75) is 26.9 Å². The number of halogens is 3. The van der Waals surface area contributed by atoms with Crippen LogP contribution in [0.2, 0.25) is 0 Å². The fourth-order valence-corrected chi connectivity index (χ4v) is 2.52. The molecule has 0 saturated carbocycles. The summed E-state index contributed by atoms with van der Waals surface area (Å²) >= 11 is 0. The van der Waals surface area contributed by atoms with E-state index in [9.17, 15) is 22.8 Å². The number of fused-ring (bicyclic) bond motifs is 1. The van der Waals surface area contributed by atoms with E-state index in [1.54, 1.807) is 20.8 Å².